The predicted molar refractivity (Wildman–Crippen MR) is 172 cm³/mol. The number of nitrogens with zero attached hydrogens (tertiary/aromatic N) is 2. The molecule has 3 amide bonds. The molecule has 2 aromatic rings. The number of carbonyl (C=O) groups is 3. The van der Waals surface area contributed by atoms with Crippen molar-refractivity contribution in [2.45, 2.75) is 59.6 Å². The minimum Gasteiger partial charge on any atom is -0.391 e. The Balaban J connectivity index is 0.000000332. The number of benzene rings is 1. The van der Waals surface area contributed by atoms with Crippen LogP contribution >= 0.6 is 11.3 Å². The van der Waals surface area contributed by atoms with Crippen LogP contribution < -0.4 is 16.8 Å². The molecule has 1 aromatic heterocycles. The summed E-state index contributed by atoms with van der Waals surface area (Å²) in [6.07, 6.45) is 1.96. The second-order valence-electron chi connectivity index (χ2n) is 11.3. The van der Waals surface area contributed by atoms with E-state index in [1.807, 2.05) is 24.6 Å². The quantitative estimate of drug-likeness (QED) is 0.159. The van der Waals surface area contributed by atoms with Crippen LogP contribution in [0.5, 0.6) is 0 Å². The van der Waals surface area contributed by atoms with E-state index in [2.05, 4.69) is 43.2 Å². The number of aliphatic hydroxyl groups excluding tert-OH is 1. The van der Waals surface area contributed by atoms with Crippen molar-refractivity contribution in [2.24, 2.45) is 16.9 Å². The van der Waals surface area contributed by atoms with Gasteiger partial charge in [-0.05, 0) is 29.9 Å². The first-order chi connectivity index (χ1) is 21.0. The largest absolute Gasteiger partial charge is 0.391 e. The monoisotopic (exact) mass is 637 g/mol. The number of β-amino-alcohol motifs (C(OH)–C–C–N with tert-alkyl or cyclic N) is 1. The van der Waals surface area contributed by atoms with Crippen molar-refractivity contribution in [3.63, 3.8) is 0 Å². The lowest BCUT2D eigenvalue weighted by Crippen LogP contribution is -2.32. The number of likely N-dealkylation sites (tertiary alicyclic amines) is 1. The van der Waals surface area contributed by atoms with Crippen molar-refractivity contribution < 1.29 is 33.7 Å². The summed E-state index contributed by atoms with van der Waals surface area (Å²) in [5, 5.41) is 11.9. The summed E-state index contributed by atoms with van der Waals surface area (Å²) in [6, 6.07) is 8.15. The van der Waals surface area contributed by atoms with Gasteiger partial charge in [0.15, 0.2) is 0 Å². The Hall–Kier alpha value is -2.94. The van der Waals surface area contributed by atoms with Crippen molar-refractivity contribution in [3.8, 4) is 10.4 Å². The molecule has 1 saturated heterocycles. The van der Waals surface area contributed by atoms with E-state index in [0.29, 0.717) is 72.1 Å². The molecule has 3 rings (SSSR count). The molecule has 0 aliphatic carbocycles. The van der Waals surface area contributed by atoms with Crippen LogP contribution in [0.3, 0.4) is 0 Å². The molecule has 6 N–H and O–H groups in total. The number of carbonyl (C=O) groups excluding carboxylic acids is 3. The molecule has 0 saturated carbocycles. The van der Waals surface area contributed by atoms with Crippen molar-refractivity contribution in [1.29, 1.82) is 0 Å². The van der Waals surface area contributed by atoms with Crippen molar-refractivity contribution >= 4 is 29.6 Å². The minimum absolute atomic E-state index is 0.0463. The highest BCUT2D eigenvalue weighted by molar-refractivity contribution is 7.13. The Morgan fingerprint density at radius 1 is 1.09 bits per heavy atom. The summed E-state index contributed by atoms with van der Waals surface area (Å²) < 4.78 is 15.4. The van der Waals surface area contributed by atoms with Gasteiger partial charge in [-0.25, -0.2) is 4.98 Å². The van der Waals surface area contributed by atoms with Crippen LogP contribution in [0, 0.1) is 12.3 Å². The van der Waals surface area contributed by atoms with E-state index < -0.39 is 0 Å². The van der Waals surface area contributed by atoms with Crippen LogP contribution in [0.2, 0.25) is 0 Å². The molecule has 2 heterocycles. The highest BCUT2D eigenvalue weighted by Gasteiger charge is 2.27. The normalized spacial score (nSPS) is 14.2. The Morgan fingerprint density at radius 3 is 2.18 bits per heavy atom. The SMILES string of the molecule is CC(C)(C)CC(=O)N1CCC(O)C1.Cc1ncsc1-c1ccc(CNC=O)cc1.NCCOCCOCCOCCC(N)=O. The smallest absolute Gasteiger partial charge is 0.223 e. The number of amides is 3. The number of primary amides is 1. The number of thiazole rings is 1. The predicted octanol–water partition coefficient (Wildman–Crippen LogP) is 2.25. The molecule has 1 aliphatic rings. The lowest BCUT2D eigenvalue weighted by atomic mass is 9.92. The maximum Gasteiger partial charge on any atom is 0.223 e. The Bertz CT molecular complexity index is 1080. The number of ether oxygens (including phenoxy) is 3. The first-order valence-electron chi connectivity index (χ1n) is 14.8. The van der Waals surface area contributed by atoms with Gasteiger partial charge >= 0.3 is 0 Å². The van der Waals surface area contributed by atoms with E-state index in [-0.39, 0.29) is 29.8 Å². The number of rotatable bonds is 16. The molecule has 1 aromatic carbocycles. The zero-order chi connectivity index (χ0) is 32.8. The Kier molecular flexibility index (Phi) is 20.0. The number of nitrogens with two attached hydrogens (primary N) is 2. The Morgan fingerprint density at radius 2 is 1.70 bits per heavy atom. The van der Waals surface area contributed by atoms with E-state index in [9.17, 15) is 19.5 Å². The molecule has 1 aliphatic heterocycles. The van der Waals surface area contributed by atoms with Crippen molar-refractivity contribution in [1.82, 2.24) is 15.2 Å². The fourth-order valence-electron chi connectivity index (χ4n) is 3.84. The van der Waals surface area contributed by atoms with Crippen LogP contribution in [0.4, 0.5) is 0 Å². The number of hydrogen-bond acceptors (Lipinski definition) is 10. The molecule has 12 nitrogen and oxygen atoms in total. The number of hydrogen-bond donors (Lipinski definition) is 4. The summed E-state index contributed by atoms with van der Waals surface area (Å²) in [5.41, 5.74) is 15.4. The van der Waals surface area contributed by atoms with Crippen LogP contribution in [0.25, 0.3) is 10.4 Å². The molecule has 44 heavy (non-hydrogen) atoms. The van der Waals surface area contributed by atoms with Gasteiger partial charge in [0, 0.05) is 39.0 Å². The van der Waals surface area contributed by atoms with E-state index in [4.69, 9.17) is 25.7 Å². The average Bonchev–Trinajstić information content (AvgIpc) is 3.61. The highest BCUT2D eigenvalue weighted by Crippen LogP contribution is 2.27. The lowest BCUT2D eigenvalue weighted by molar-refractivity contribution is -0.132. The molecule has 248 valence electrons. The van der Waals surface area contributed by atoms with Crippen LogP contribution in [-0.2, 0) is 35.1 Å². The van der Waals surface area contributed by atoms with Gasteiger partial charge in [-0.15, -0.1) is 11.3 Å². The minimum atomic E-state index is -0.355. The van der Waals surface area contributed by atoms with Gasteiger partial charge in [-0.3, -0.25) is 14.4 Å². The van der Waals surface area contributed by atoms with Gasteiger partial charge in [-0.2, -0.15) is 0 Å². The van der Waals surface area contributed by atoms with Crippen LogP contribution in [0.1, 0.15) is 51.3 Å². The molecule has 0 spiro atoms. The molecule has 0 bridgehead atoms. The number of aryl methyl sites for hydroxylation is 1. The topological polar surface area (TPSA) is 179 Å². The third-order valence-corrected chi connectivity index (χ3v) is 7.03. The van der Waals surface area contributed by atoms with Gasteiger partial charge in [0.1, 0.15) is 0 Å². The number of nitrogens with one attached hydrogen (secondary N) is 1. The molecular formula is C31H51N5O7S. The summed E-state index contributed by atoms with van der Waals surface area (Å²) in [4.78, 5) is 39.3. The number of aliphatic hydroxyl groups is 1. The van der Waals surface area contributed by atoms with Gasteiger partial charge in [0.25, 0.3) is 0 Å². The average molecular weight is 638 g/mol. The summed E-state index contributed by atoms with van der Waals surface area (Å²) in [6.45, 7) is 13.4. The molecular weight excluding hydrogens is 586 g/mol. The zero-order valence-electron chi connectivity index (χ0n) is 26.6. The lowest BCUT2D eigenvalue weighted by Gasteiger charge is -2.22. The fraction of sp³-hybridized carbons (Fsp3) is 0.613. The fourth-order valence-corrected chi connectivity index (χ4v) is 4.66. The molecule has 1 unspecified atom stereocenters. The maximum atomic E-state index is 11.6. The van der Waals surface area contributed by atoms with E-state index in [1.54, 1.807) is 16.2 Å². The van der Waals surface area contributed by atoms with Gasteiger partial charge < -0.3 is 41.0 Å². The van der Waals surface area contributed by atoms with E-state index in [0.717, 1.165) is 24.2 Å². The third-order valence-electron chi connectivity index (χ3n) is 6.05. The van der Waals surface area contributed by atoms with Gasteiger partial charge in [-0.1, -0.05) is 45.0 Å². The highest BCUT2D eigenvalue weighted by atomic mass is 32.1. The van der Waals surface area contributed by atoms with E-state index >= 15 is 0 Å². The second-order valence-corrected chi connectivity index (χ2v) is 12.2. The van der Waals surface area contributed by atoms with Gasteiger partial charge in [0.05, 0.1) is 61.8 Å². The standard InChI is InChI=1S/C12H12N2OS.C10H19NO2.C9H20N2O4/c1-9-12(16-8-14-9)11-4-2-10(3-5-11)6-13-7-15;1-10(2,3)6-9(13)11-5-4-8(12)7-11;10-2-4-14-6-8-15-7-5-13-3-1-9(11)12/h2-5,7-8H,6H2,1H3,(H,13,15);8,12H,4-7H2,1-3H3;1-8,10H2,(H2,11,12). The summed E-state index contributed by atoms with van der Waals surface area (Å²) in [7, 11) is 0. The second kappa shape index (κ2) is 22.6. The van der Waals surface area contributed by atoms with Crippen molar-refractivity contribution in [3.05, 3.63) is 41.0 Å². The van der Waals surface area contributed by atoms with Crippen LogP contribution in [0.15, 0.2) is 29.8 Å². The first kappa shape index (κ1) is 39.1. The van der Waals surface area contributed by atoms with E-state index in [1.165, 1.54) is 10.4 Å². The molecule has 1 atom stereocenters. The van der Waals surface area contributed by atoms with Crippen LogP contribution in [-0.4, -0.2) is 98.6 Å². The summed E-state index contributed by atoms with van der Waals surface area (Å²) >= 11 is 1.64. The van der Waals surface area contributed by atoms with Crippen molar-refractivity contribution in [2.75, 3.05) is 59.3 Å². The molecule has 0 radical (unpaired) electrons. The number of aromatic nitrogens is 1. The molecule has 13 heteroatoms. The zero-order valence-corrected chi connectivity index (χ0v) is 27.4. The first-order valence-corrected chi connectivity index (χ1v) is 15.7. The Labute approximate surface area is 265 Å². The molecule has 1 fully saturated rings. The van der Waals surface area contributed by atoms with Gasteiger partial charge in [0.2, 0.25) is 18.2 Å². The third kappa shape index (κ3) is 18.7. The summed E-state index contributed by atoms with van der Waals surface area (Å²) in [5.74, 6) is -0.185. The maximum absolute atomic E-state index is 11.6.